The van der Waals surface area contributed by atoms with Crippen molar-refractivity contribution in [3.05, 3.63) is 51.7 Å². The van der Waals surface area contributed by atoms with Crippen LogP contribution in [0.15, 0.2) is 35.4 Å². The number of methoxy groups -OCH3 is 1. The van der Waals surface area contributed by atoms with Gasteiger partial charge < -0.3 is 9.47 Å². The fourth-order valence-corrected chi connectivity index (χ4v) is 2.80. The van der Waals surface area contributed by atoms with Gasteiger partial charge in [-0.1, -0.05) is 29.8 Å². The number of fused-ring (bicyclic) bond motifs is 1. The van der Waals surface area contributed by atoms with Gasteiger partial charge in [0.05, 0.1) is 20.0 Å². The Hall–Kier alpha value is -2.01. The van der Waals surface area contributed by atoms with Crippen LogP contribution in [0.2, 0.25) is 5.15 Å². The monoisotopic (exact) mass is 306 g/mol. The molecule has 2 heterocycles. The molecule has 0 N–H and O–H groups in total. The lowest BCUT2D eigenvalue weighted by molar-refractivity contribution is 0.257. The van der Waals surface area contributed by atoms with Crippen LogP contribution in [0.3, 0.4) is 0 Å². The maximum Gasteiger partial charge on any atom is 0.297 e. The van der Waals surface area contributed by atoms with Crippen molar-refractivity contribution in [1.82, 2.24) is 9.55 Å². The van der Waals surface area contributed by atoms with Gasteiger partial charge in [0.15, 0.2) is 5.15 Å². The first-order valence-electron chi connectivity index (χ1n) is 6.71. The third-order valence-corrected chi connectivity index (χ3v) is 3.93. The van der Waals surface area contributed by atoms with Crippen molar-refractivity contribution >= 4 is 11.6 Å². The lowest BCUT2D eigenvalue weighted by Gasteiger charge is -2.26. The summed E-state index contributed by atoms with van der Waals surface area (Å²) in [5, 5.41) is 0.0890. The van der Waals surface area contributed by atoms with E-state index >= 15 is 0 Å². The van der Waals surface area contributed by atoms with Crippen molar-refractivity contribution in [2.75, 3.05) is 13.7 Å². The summed E-state index contributed by atoms with van der Waals surface area (Å²) in [6.45, 7) is 1.17. The highest BCUT2D eigenvalue weighted by atomic mass is 35.5. The van der Waals surface area contributed by atoms with E-state index in [4.69, 9.17) is 21.1 Å². The highest BCUT2D eigenvalue weighted by Crippen LogP contribution is 2.34. The first-order valence-corrected chi connectivity index (χ1v) is 7.09. The van der Waals surface area contributed by atoms with E-state index in [-0.39, 0.29) is 22.4 Å². The predicted molar refractivity (Wildman–Crippen MR) is 79.4 cm³/mol. The Morgan fingerprint density at radius 3 is 3.10 bits per heavy atom. The van der Waals surface area contributed by atoms with E-state index in [1.165, 1.54) is 18.0 Å². The maximum atomic E-state index is 12.3. The van der Waals surface area contributed by atoms with E-state index in [2.05, 4.69) is 4.98 Å². The van der Waals surface area contributed by atoms with Crippen LogP contribution in [0.5, 0.6) is 11.5 Å². The minimum Gasteiger partial charge on any atom is -0.493 e. The molecule has 0 saturated carbocycles. The molecule has 6 heteroatoms. The molecule has 1 aliphatic heterocycles. The SMILES string of the molecule is COc1c(Cl)ncn(CC2CCOc3ccccc32)c1=O. The molecular weight excluding hydrogens is 292 g/mol. The molecule has 0 saturated heterocycles. The molecule has 1 aliphatic rings. The summed E-state index contributed by atoms with van der Waals surface area (Å²) >= 11 is 5.86. The number of nitrogens with zero attached hydrogens (tertiary/aromatic N) is 2. The quantitative estimate of drug-likeness (QED) is 0.818. The molecule has 2 aromatic rings. The largest absolute Gasteiger partial charge is 0.493 e. The first kappa shape index (κ1) is 13.9. The zero-order valence-corrected chi connectivity index (χ0v) is 12.3. The maximum absolute atomic E-state index is 12.3. The Morgan fingerprint density at radius 2 is 2.29 bits per heavy atom. The second-order valence-electron chi connectivity index (χ2n) is 4.90. The van der Waals surface area contributed by atoms with E-state index < -0.39 is 0 Å². The summed E-state index contributed by atoms with van der Waals surface area (Å²) in [6, 6.07) is 7.90. The highest BCUT2D eigenvalue weighted by molar-refractivity contribution is 6.30. The smallest absolute Gasteiger partial charge is 0.297 e. The van der Waals surface area contributed by atoms with Gasteiger partial charge in [-0.05, 0) is 18.1 Å². The number of halogens is 1. The Morgan fingerprint density at radius 1 is 1.48 bits per heavy atom. The standard InChI is InChI=1S/C15H15ClN2O3/c1-20-13-14(16)17-9-18(15(13)19)8-10-6-7-21-12-5-3-2-4-11(10)12/h2-5,9-10H,6-8H2,1H3. The van der Waals surface area contributed by atoms with Gasteiger partial charge in [-0.3, -0.25) is 9.36 Å². The Labute approximate surface area is 127 Å². The molecule has 0 radical (unpaired) electrons. The van der Waals surface area contributed by atoms with Crippen LogP contribution in [-0.2, 0) is 6.54 Å². The van der Waals surface area contributed by atoms with Crippen LogP contribution >= 0.6 is 11.6 Å². The first-order chi connectivity index (χ1) is 10.2. The van der Waals surface area contributed by atoms with Gasteiger partial charge in [-0.2, -0.15) is 0 Å². The van der Waals surface area contributed by atoms with E-state index in [1.807, 2.05) is 24.3 Å². The lowest BCUT2D eigenvalue weighted by atomic mass is 9.93. The summed E-state index contributed by atoms with van der Waals surface area (Å²) in [4.78, 5) is 16.3. The number of aromatic nitrogens is 2. The van der Waals surface area contributed by atoms with Crippen molar-refractivity contribution in [2.45, 2.75) is 18.9 Å². The molecule has 0 amide bonds. The average Bonchev–Trinajstić information content (AvgIpc) is 2.51. The van der Waals surface area contributed by atoms with Crippen LogP contribution in [0.25, 0.3) is 0 Å². The van der Waals surface area contributed by atoms with Crippen LogP contribution in [0.4, 0.5) is 0 Å². The van der Waals surface area contributed by atoms with Crippen LogP contribution in [-0.4, -0.2) is 23.3 Å². The van der Waals surface area contributed by atoms with Crippen LogP contribution in [0.1, 0.15) is 17.9 Å². The van der Waals surface area contributed by atoms with Gasteiger partial charge in [0.2, 0.25) is 5.75 Å². The van der Waals surface area contributed by atoms with E-state index in [9.17, 15) is 4.79 Å². The fraction of sp³-hybridized carbons (Fsp3) is 0.333. The van der Waals surface area contributed by atoms with Crippen molar-refractivity contribution in [2.24, 2.45) is 0 Å². The molecule has 5 nitrogen and oxygen atoms in total. The lowest BCUT2D eigenvalue weighted by Crippen LogP contribution is -2.27. The Bertz CT molecular complexity index is 714. The van der Waals surface area contributed by atoms with Gasteiger partial charge >= 0.3 is 0 Å². The topological polar surface area (TPSA) is 53.4 Å². The van der Waals surface area contributed by atoms with E-state index in [0.717, 1.165) is 17.7 Å². The Kier molecular flexibility index (Phi) is 3.84. The Balaban J connectivity index is 1.94. The predicted octanol–water partition coefficient (Wildman–Crippen LogP) is 2.47. The van der Waals surface area contributed by atoms with Gasteiger partial charge in [-0.25, -0.2) is 4.98 Å². The van der Waals surface area contributed by atoms with Crippen molar-refractivity contribution in [3.8, 4) is 11.5 Å². The number of ether oxygens (including phenoxy) is 2. The van der Waals surface area contributed by atoms with Crippen molar-refractivity contribution < 1.29 is 9.47 Å². The summed E-state index contributed by atoms with van der Waals surface area (Å²) in [7, 11) is 1.42. The number of para-hydroxylation sites is 1. The van der Waals surface area contributed by atoms with Crippen molar-refractivity contribution in [3.63, 3.8) is 0 Å². The van der Waals surface area contributed by atoms with E-state index in [1.54, 1.807) is 0 Å². The minimum absolute atomic E-state index is 0.0829. The molecule has 21 heavy (non-hydrogen) atoms. The van der Waals surface area contributed by atoms with Crippen LogP contribution < -0.4 is 15.0 Å². The molecule has 1 atom stereocenters. The summed E-state index contributed by atoms with van der Waals surface area (Å²) in [5.41, 5.74) is 0.853. The number of hydrogen-bond donors (Lipinski definition) is 0. The number of hydrogen-bond acceptors (Lipinski definition) is 4. The molecule has 0 spiro atoms. The van der Waals surface area contributed by atoms with Gasteiger partial charge in [0.1, 0.15) is 5.75 Å². The molecule has 1 unspecified atom stereocenters. The van der Waals surface area contributed by atoms with Gasteiger partial charge in [0.25, 0.3) is 5.56 Å². The second-order valence-corrected chi connectivity index (χ2v) is 5.26. The number of benzene rings is 1. The summed E-state index contributed by atoms with van der Waals surface area (Å²) in [5.74, 6) is 1.18. The molecule has 1 aromatic carbocycles. The summed E-state index contributed by atoms with van der Waals surface area (Å²) < 4.78 is 12.2. The molecule has 0 fully saturated rings. The molecule has 0 aliphatic carbocycles. The molecule has 1 aromatic heterocycles. The average molecular weight is 307 g/mol. The fourth-order valence-electron chi connectivity index (χ4n) is 2.59. The molecule has 110 valence electrons. The van der Waals surface area contributed by atoms with Crippen LogP contribution in [0, 0.1) is 0 Å². The molecular formula is C15H15ClN2O3. The summed E-state index contributed by atoms with van der Waals surface area (Å²) in [6.07, 6.45) is 2.32. The normalized spacial score (nSPS) is 17.0. The number of rotatable bonds is 3. The van der Waals surface area contributed by atoms with Crippen molar-refractivity contribution in [1.29, 1.82) is 0 Å². The highest BCUT2D eigenvalue weighted by Gasteiger charge is 2.22. The van der Waals surface area contributed by atoms with Gasteiger partial charge in [0, 0.05) is 12.5 Å². The molecule has 3 rings (SSSR count). The minimum atomic E-state index is -0.263. The third-order valence-electron chi connectivity index (χ3n) is 3.66. The molecule has 0 bridgehead atoms. The third kappa shape index (κ3) is 2.61. The zero-order valence-electron chi connectivity index (χ0n) is 11.6. The second kappa shape index (κ2) is 5.77. The van der Waals surface area contributed by atoms with Gasteiger partial charge in [-0.15, -0.1) is 0 Å². The zero-order chi connectivity index (χ0) is 14.8. The van der Waals surface area contributed by atoms with E-state index in [0.29, 0.717) is 13.2 Å².